The summed E-state index contributed by atoms with van der Waals surface area (Å²) in [6.45, 7) is 2.45. The molecule has 0 fully saturated rings. The van der Waals surface area contributed by atoms with Crippen LogP contribution in [0.2, 0.25) is 0 Å². The van der Waals surface area contributed by atoms with E-state index in [2.05, 4.69) is 15.4 Å². The first-order chi connectivity index (χ1) is 6.13. The minimum Gasteiger partial charge on any atom is -0.481 e. The van der Waals surface area contributed by atoms with E-state index in [9.17, 15) is 4.79 Å². The van der Waals surface area contributed by atoms with Crippen LogP contribution in [-0.2, 0) is 11.3 Å². The van der Waals surface area contributed by atoms with Crippen molar-refractivity contribution in [2.24, 2.45) is 5.73 Å². The van der Waals surface area contributed by atoms with Crippen molar-refractivity contribution in [3.05, 3.63) is 5.82 Å². The Morgan fingerprint density at radius 1 is 1.77 bits per heavy atom. The number of carboxylic acids is 1. The Bertz CT molecular complexity index is 297. The van der Waals surface area contributed by atoms with Gasteiger partial charge in [0.25, 0.3) is 0 Å². The molecule has 0 aromatic carbocycles. The van der Waals surface area contributed by atoms with Gasteiger partial charge in [-0.3, -0.25) is 4.79 Å². The first-order valence-electron chi connectivity index (χ1n) is 3.88. The van der Waals surface area contributed by atoms with E-state index in [1.54, 1.807) is 0 Å². The van der Waals surface area contributed by atoms with Crippen LogP contribution in [0.25, 0.3) is 0 Å². The highest BCUT2D eigenvalue weighted by Gasteiger charge is 2.15. The number of hydrogen-bond acceptors (Lipinski definition) is 5. The average Bonchev–Trinajstić information content (AvgIpc) is 2.50. The van der Waals surface area contributed by atoms with Crippen molar-refractivity contribution in [1.82, 2.24) is 20.2 Å². The van der Waals surface area contributed by atoms with Crippen LogP contribution in [0.1, 0.15) is 25.2 Å². The normalized spacial score (nSPS) is 12.8. The van der Waals surface area contributed by atoms with E-state index in [1.807, 2.05) is 6.92 Å². The summed E-state index contributed by atoms with van der Waals surface area (Å²) in [5.41, 5.74) is 5.50. The van der Waals surface area contributed by atoms with Gasteiger partial charge in [-0.15, -0.1) is 10.2 Å². The molecule has 0 saturated heterocycles. The fraction of sp³-hybridized carbons (Fsp3) is 0.667. The second-order valence-electron chi connectivity index (χ2n) is 2.54. The molecule has 1 aromatic heterocycles. The smallest absolute Gasteiger partial charge is 0.305 e. The Balaban J connectivity index is 2.65. The van der Waals surface area contributed by atoms with Gasteiger partial charge in [-0.05, 0) is 12.1 Å². The molecular formula is C6H11N5O2. The van der Waals surface area contributed by atoms with Crippen LogP contribution in [-0.4, -0.2) is 31.3 Å². The van der Waals surface area contributed by atoms with E-state index in [1.165, 1.54) is 4.80 Å². The van der Waals surface area contributed by atoms with Crippen molar-refractivity contribution in [2.75, 3.05) is 0 Å². The summed E-state index contributed by atoms with van der Waals surface area (Å²) < 4.78 is 0. The highest BCUT2D eigenvalue weighted by molar-refractivity contribution is 5.67. The minimum absolute atomic E-state index is 0.185. The minimum atomic E-state index is -0.972. The molecule has 1 aromatic rings. The first-order valence-corrected chi connectivity index (χ1v) is 3.88. The van der Waals surface area contributed by atoms with Gasteiger partial charge in [0.2, 0.25) is 0 Å². The van der Waals surface area contributed by atoms with E-state index in [0.717, 1.165) is 0 Å². The summed E-state index contributed by atoms with van der Waals surface area (Å²) in [6, 6.07) is -0.683. The molecule has 7 nitrogen and oxygen atoms in total. The number of carbonyl (C=O) groups is 1. The summed E-state index contributed by atoms with van der Waals surface area (Å²) in [5, 5.41) is 19.6. The Kier molecular flexibility index (Phi) is 2.91. The molecule has 1 heterocycles. The maximum absolute atomic E-state index is 10.3. The van der Waals surface area contributed by atoms with Crippen molar-refractivity contribution in [3.8, 4) is 0 Å². The Labute approximate surface area is 74.5 Å². The number of aryl methyl sites for hydroxylation is 1. The lowest BCUT2D eigenvalue weighted by Crippen LogP contribution is -2.16. The van der Waals surface area contributed by atoms with Gasteiger partial charge in [0.1, 0.15) is 0 Å². The fourth-order valence-corrected chi connectivity index (χ4v) is 0.817. The predicted molar refractivity (Wildman–Crippen MR) is 42.7 cm³/mol. The third-order valence-electron chi connectivity index (χ3n) is 1.48. The van der Waals surface area contributed by atoms with E-state index in [-0.39, 0.29) is 12.2 Å². The zero-order valence-corrected chi connectivity index (χ0v) is 7.21. The van der Waals surface area contributed by atoms with Crippen molar-refractivity contribution in [2.45, 2.75) is 25.9 Å². The number of nitrogens with two attached hydrogens (primary N) is 1. The van der Waals surface area contributed by atoms with Crippen LogP contribution in [0.5, 0.6) is 0 Å². The summed E-state index contributed by atoms with van der Waals surface area (Å²) in [4.78, 5) is 11.7. The lowest BCUT2D eigenvalue weighted by Gasteiger charge is -2.00. The first kappa shape index (κ1) is 9.59. The van der Waals surface area contributed by atoms with E-state index in [0.29, 0.717) is 6.54 Å². The predicted octanol–water partition coefficient (Wildman–Crippen LogP) is -0.832. The Morgan fingerprint density at radius 3 is 2.92 bits per heavy atom. The lowest BCUT2D eigenvalue weighted by molar-refractivity contribution is -0.137. The summed E-state index contributed by atoms with van der Waals surface area (Å²) in [6.07, 6.45) is -0.185. The molecule has 1 unspecified atom stereocenters. The highest BCUT2D eigenvalue weighted by atomic mass is 16.4. The SMILES string of the molecule is CCn1nnc(C(N)CC(=O)O)n1. The number of tetrazole rings is 1. The van der Waals surface area contributed by atoms with E-state index in [4.69, 9.17) is 10.8 Å². The van der Waals surface area contributed by atoms with E-state index >= 15 is 0 Å². The van der Waals surface area contributed by atoms with Gasteiger partial charge in [-0.1, -0.05) is 0 Å². The number of nitrogens with zero attached hydrogens (tertiary/aromatic N) is 4. The lowest BCUT2D eigenvalue weighted by atomic mass is 10.2. The van der Waals surface area contributed by atoms with Crippen LogP contribution in [0.15, 0.2) is 0 Å². The number of aromatic nitrogens is 4. The van der Waals surface area contributed by atoms with Crippen molar-refractivity contribution in [1.29, 1.82) is 0 Å². The van der Waals surface area contributed by atoms with Gasteiger partial charge in [0.15, 0.2) is 5.82 Å². The third kappa shape index (κ3) is 2.48. The van der Waals surface area contributed by atoms with Crippen LogP contribution < -0.4 is 5.73 Å². The average molecular weight is 185 g/mol. The summed E-state index contributed by atoms with van der Waals surface area (Å²) in [5.74, 6) is -0.704. The number of aliphatic carboxylic acids is 1. The second kappa shape index (κ2) is 3.94. The zero-order valence-electron chi connectivity index (χ0n) is 7.21. The highest BCUT2D eigenvalue weighted by Crippen LogP contribution is 2.06. The maximum Gasteiger partial charge on any atom is 0.305 e. The second-order valence-corrected chi connectivity index (χ2v) is 2.54. The van der Waals surface area contributed by atoms with E-state index < -0.39 is 12.0 Å². The molecule has 0 amide bonds. The molecule has 72 valence electrons. The largest absolute Gasteiger partial charge is 0.481 e. The van der Waals surface area contributed by atoms with Gasteiger partial charge < -0.3 is 10.8 Å². The number of hydrogen-bond donors (Lipinski definition) is 2. The molecule has 3 N–H and O–H groups in total. The molecule has 0 saturated carbocycles. The standard InChI is InChI=1S/C6H11N5O2/c1-2-11-9-6(8-10-11)4(7)3-5(12)13/h4H,2-3,7H2,1H3,(H,12,13). The quantitative estimate of drug-likeness (QED) is 0.633. The maximum atomic E-state index is 10.3. The number of carboxylic acid groups (broad SMARTS) is 1. The topological polar surface area (TPSA) is 107 Å². The van der Waals surface area contributed by atoms with Crippen molar-refractivity contribution >= 4 is 5.97 Å². The number of rotatable bonds is 4. The molecule has 1 rings (SSSR count). The molecule has 7 heteroatoms. The van der Waals surface area contributed by atoms with Crippen LogP contribution in [0, 0.1) is 0 Å². The molecule has 1 atom stereocenters. The van der Waals surface area contributed by atoms with Crippen LogP contribution in [0.4, 0.5) is 0 Å². The fourth-order valence-electron chi connectivity index (χ4n) is 0.817. The Hall–Kier alpha value is -1.50. The van der Waals surface area contributed by atoms with Gasteiger partial charge in [0, 0.05) is 0 Å². The van der Waals surface area contributed by atoms with Crippen molar-refractivity contribution < 1.29 is 9.90 Å². The van der Waals surface area contributed by atoms with Crippen molar-refractivity contribution in [3.63, 3.8) is 0 Å². The molecule has 0 aliphatic rings. The summed E-state index contributed by atoms with van der Waals surface area (Å²) >= 11 is 0. The molecule has 0 radical (unpaired) electrons. The Morgan fingerprint density at radius 2 is 2.46 bits per heavy atom. The zero-order chi connectivity index (χ0) is 9.84. The molecule has 0 aliphatic carbocycles. The van der Waals surface area contributed by atoms with Gasteiger partial charge in [0.05, 0.1) is 19.0 Å². The van der Waals surface area contributed by atoms with Crippen LogP contribution >= 0.6 is 0 Å². The molecule has 0 bridgehead atoms. The molecule has 0 spiro atoms. The van der Waals surface area contributed by atoms with Gasteiger partial charge in [-0.25, -0.2) is 0 Å². The molecule has 13 heavy (non-hydrogen) atoms. The molecule has 0 aliphatic heterocycles. The monoisotopic (exact) mass is 185 g/mol. The third-order valence-corrected chi connectivity index (χ3v) is 1.48. The van der Waals surface area contributed by atoms with Gasteiger partial charge in [-0.2, -0.15) is 4.80 Å². The van der Waals surface area contributed by atoms with Crippen LogP contribution in [0.3, 0.4) is 0 Å². The van der Waals surface area contributed by atoms with Gasteiger partial charge >= 0.3 is 5.97 Å². The summed E-state index contributed by atoms with van der Waals surface area (Å²) in [7, 11) is 0. The molecular weight excluding hydrogens is 174 g/mol.